The smallest absolute Gasteiger partial charge is 0.236 e. The standard InChI is InChI=1S/C21H29N3O2S/c1-18-5-7-19(8-6-18)26-14-13-22(2)17-21(25)24-11-9-23(10-12-24)16-20-4-3-15-27-20/h3-8,15H,9-14,16-17H2,1-2H3. The van der Waals surface area contributed by atoms with Crippen molar-refractivity contribution in [3.63, 3.8) is 0 Å². The number of thiophene rings is 1. The second-order valence-electron chi connectivity index (χ2n) is 7.14. The number of aryl methyl sites for hydroxylation is 1. The third-order valence-electron chi connectivity index (χ3n) is 4.85. The highest BCUT2D eigenvalue weighted by molar-refractivity contribution is 7.09. The number of rotatable bonds is 8. The number of carbonyl (C=O) groups is 1. The van der Waals surface area contributed by atoms with Gasteiger partial charge in [0, 0.05) is 44.1 Å². The molecule has 5 nitrogen and oxygen atoms in total. The van der Waals surface area contributed by atoms with E-state index in [9.17, 15) is 4.79 Å². The minimum absolute atomic E-state index is 0.212. The van der Waals surface area contributed by atoms with Gasteiger partial charge in [0.15, 0.2) is 0 Å². The monoisotopic (exact) mass is 387 g/mol. The second kappa shape index (κ2) is 9.88. The minimum atomic E-state index is 0.212. The molecule has 0 radical (unpaired) electrons. The van der Waals surface area contributed by atoms with Gasteiger partial charge in [-0.3, -0.25) is 14.6 Å². The largest absolute Gasteiger partial charge is 0.492 e. The molecule has 1 aliphatic rings. The van der Waals surface area contributed by atoms with Gasteiger partial charge in [0.2, 0.25) is 5.91 Å². The van der Waals surface area contributed by atoms with Crippen LogP contribution in [0.25, 0.3) is 0 Å². The molecule has 0 saturated carbocycles. The Bertz CT molecular complexity index is 695. The molecule has 6 heteroatoms. The molecule has 2 heterocycles. The van der Waals surface area contributed by atoms with E-state index in [4.69, 9.17) is 4.74 Å². The fourth-order valence-corrected chi connectivity index (χ4v) is 3.89. The van der Waals surface area contributed by atoms with Crippen LogP contribution in [-0.4, -0.2) is 73.5 Å². The Morgan fingerprint density at radius 1 is 1.15 bits per heavy atom. The van der Waals surface area contributed by atoms with Crippen molar-refractivity contribution in [2.24, 2.45) is 0 Å². The fraction of sp³-hybridized carbons (Fsp3) is 0.476. The van der Waals surface area contributed by atoms with E-state index in [1.807, 2.05) is 41.1 Å². The van der Waals surface area contributed by atoms with Crippen molar-refractivity contribution in [3.05, 3.63) is 52.2 Å². The van der Waals surface area contributed by atoms with Gasteiger partial charge in [-0.15, -0.1) is 11.3 Å². The second-order valence-corrected chi connectivity index (χ2v) is 8.17. The molecule has 2 aromatic rings. The molecule has 1 aliphatic heterocycles. The SMILES string of the molecule is Cc1ccc(OCCN(C)CC(=O)N2CCN(Cc3cccs3)CC2)cc1. The van der Waals surface area contributed by atoms with Gasteiger partial charge < -0.3 is 9.64 Å². The first-order valence-corrected chi connectivity index (χ1v) is 10.4. The highest BCUT2D eigenvalue weighted by atomic mass is 32.1. The quantitative estimate of drug-likeness (QED) is 0.698. The lowest BCUT2D eigenvalue weighted by Gasteiger charge is -2.35. The molecule has 1 fully saturated rings. The molecular formula is C21H29N3O2S. The van der Waals surface area contributed by atoms with Crippen LogP contribution in [0.5, 0.6) is 5.75 Å². The van der Waals surface area contributed by atoms with Crippen LogP contribution in [0.1, 0.15) is 10.4 Å². The van der Waals surface area contributed by atoms with Gasteiger partial charge in [-0.1, -0.05) is 23.8 Å². The Labute approximate surface area is 166 Å². The maximum Gasteiger partial charge on any atom is 0.236 e. The first-order valence-electron chi connectivity index (χ1n) is 9.50. The predicted molar refractivity (Wildman–Crippen MR) is 110 cm³/mol. The molecule has 146 valence electrons. The van der Waals surface area contributed by atoms with E-state index < -0.39 is 0 Å². The van der Waals surface area contributed by atoms with Crippen LogP contribution in [0, 0.1) is 6.92 Å². The normalized spacial score (nSPS) is 15.3. The lowest BCUT2D eigenvalue weighted by Crippen LogP contribution is -2.50. The summed E-state index contributed by atoms with van der Waals surface area (Å²) in [7, 11) is 1.98. The Kier molecular flexibility index (Phi) is 7.26. The summed E-state index contributed by atoms with van der Waals surface area (Å²) in [5.41, 5.74) is 1.22. The van der Waals surface area contributed by atoms with Crippen molar-refractivity contribution in [3.8, 4) is 5.75 Å². The van der Waals surface area contributed by atoms with Crippen molar-refractivity contribution in [2.45, 2.75) is 13.5 Å². The summed E-state index contributed by atoms with van der Waals surface area (Å²) in [6.45, 7) is 8.35. The molecule has 0 atom stereocenters. The fourth-order valence-electron chi connectivity index (χ4n) is 3.14. The summed E-state index contributed by atoms with van der Waals surface area (Å²) >= 11 is 1.80. The summed E-state index contributed by atoms with van der Waals surface area (Å²) in [4.78, 5) is 20.4. The molecule has 0 spiro atoms. The summed E-state index contributed by atoms with van der Waals surface area (Å²) in [6, 6.07) is 12.3. The van der Waals surface area contributed by atoms with Gasteiger partial charge in [-0.2, -0.15) is 0 Å². The van der Waals surface area contributed by atoms with Gasteiger partial charge in [0.1, 0.15) is 12.4 Å². The highest BCUT2D eigenvalue weighted by Crippen LogP contribution is 2.14. The van der Waals surface area contributed by atoms with Crippen LogP contribution in [0.3, 0.4) is 0 Å². The van der Waals surface area contributed by atoms with Crippen LogP contribution in [0.2, 0.25) is 0 Å². The molecule has 1 aromatic carbocycles. The molecule has 3 rings (SSSR count). The number of ether oxygens (including phenoxy) is 1. The van der Waals surface area contributed by atoms with Gasteiger partial charge in [0.25, 0.3) is 0 Å². The molecule has 0 N–H and O–H groups in total. The topological polar surface area (TPSA) is 36.0 Å². The molecular weight excluding hydrogens is 358 g/mol. The molecule has 0 aliphatic carbocycles. The van der Waals surface area contributed by atoms with Crippen molar-refractivity contribution < 1.29 is 9.53 Å². The first kappa shape index (κ1) is 19.9. The van der Waals surface area contributed by atoms with Gasteiger partial charge >= 0.3 is 0 Å². The van der Waals surface area contributed by atoms with Gasteiger partial charge in [-0.05, 0) is 37.6 Å². The third kappa shape index (κ3) is 6.34. The van der Waals surface area contributed by atoms with Crippen molar-refractivity contribution in [1.82, 2.24) is 14.7 Å². The number of likely N-dealkylation sites (N-methyl/N-ethyl adjacent to an activating group) is 1. The third-order valence-corrected chi connectivity index (χ3v) is 5.71. The number of benzene rings is 1. The molecule has 1 aromatic heterocycles. The van der Waals surface area contributed by atoms with E-state index in [1.165, 1.54) is 10.4 Å². The van der Waals surface area contributed by atoms with Crippen LogP contribution in [-0.2, 0) is 11.3 Å². The molecule has 0 unspecified atom stereocenters. The minimum Gasteiger partial charge on any atom is -0.492 e. The van der Waals surface area contributed by atoms with Gasteiger partial charge in [0.05, 0.1) is 6.54 Å². The Morgan fingerprint density at radius 2 is 1.89 bits per heavy atom. The summed E-state index contributed by atoms with van der Waals surface area (Å²) in [5.74, 6) is 1.09. The van der Waals surface area contributed by atoms with Crippen molar-refractivity contribution >= 4 is 17.2 Å². The Balaban J connectivity index is 1.33. The maximum atomic E-state index is 12.5. The Hall–Kier alpha value is -1.89. The van der Waals surface area contributed by atoms with E-state index in [-0.39, 0.29) is 5.91 Å². The molecule has 1 amide bonds. The van der Waals surface area contributed by atoms with E-state index in [0.717, 1.165) is 45.0 Å². The number of amides is 1. The number of hydrogen-bond donors (Lipinski definition) is 0. The highest BCUT2D eigenvalue weighted by Gasteiger charge is 2.22. The summed E-state index contributed by atoms with van der Waals surface area (Å²) in [5, 5.41) is 2.12. The number of hydrogen-bond acceptors (Lipinski definition) is 5. The maximum absolute atomic E-state index is 12.5. The number of carbonyl (C=O) groups excluding carboxylic acids is 1. The zero-order valence-electron chi connectivity index (χ0n) is 16.3. The van der Waals surface area contributed by atoms with Crippen molar-refractivity contribution in [2.75, 3.05) is 52.9 Å². The molecule has 0 bridgehead atoms. The zero-order chi connectivity index (χ0) is 19.1. The average Bonchev–Trinajstić information content (AvgIpc) is 3.17. The van der Waals surface area contributed by atoms with E-state index in [0.29, 0.717) is 13.2 Å². The first-order chi connectivity index (χ1) is 13.1. The van der Waals surface area contributed by atoms with Crippen LogP contribution in [0.4, 0.5) is 0 Å². The van der Waals surface area contributed by atoms with Crippen molar-refractivity contribution in [1.29, 1.82) is 0 Å². The molecule has 27 heavy (non-hydrogen) atoms. The van der Waals surface area contributed by atoms with E-state index in [1.54, 1.807) is 11.3 Å². The van der Waals surface area contributed by atoms with Crippen LogP contribution >= 0.6 is 11.3 Å². The number of nitrogens with zero attached hydrogens (tertiary/aromatic N) is 3. The van der Waals surface area contributed by atoms with E-state index in [2.05, 4.69) is 29.3 Å². The lowest BCUT2D eigenvalue weighted by molar-refractivity contribution is -0.134. The average molecular weight is 388 g/mol. The van der Waals surface area contributed by atoms with Gasteiger partial charge in [-0.25, -0.2) is 0 Å². The van der Waals surface area contributed by atoms with Crippen LogP contribution < -0.4 is 4.74 Å². The Morgan fingerprint density at radius 3 is 2.56 bits per heavy atom. The predicted octanol–water partition coefficient (Wildman–Crippen LogP) is 2.71. The lowest BCUT2D eigenvalue weighted by atomic mass is 10.2. The van der Waals surface area contributed by atoms with Crippen LogP contribution in [0.15, 0.2) is 41.8 Å². The summed E-state index contributed by atoms with van der Waals surface area (Å²) in [6.07, 6.45) is 0. The summed E-state index contributed by atoms with van der Waals surface area (Å²) < 4.78 is 5.75. The number of piperazine rings is 1. The van der Waals surface area contributed by atoms with E-state index >= 15 is 0 Å². The molecule has 1 saturated heterocycles. The zero-order valence-corrected chi connectivity index (χ0v) is 17.1.